The van der Waals surface area contributed by atoms with Gasteiger partial charge < -0.3 is 0 Å². The van der Waals surface area contributed by atoms with Gasteiger partial charge in [0.05, 0.1) is 0 Å². The van der Waals surface area contributed by atoms with Gasteiger partial charge in [-0.3, -0.25) is 0 Å². The Morgan fingerprint density at radius 2 is 1.48 bits per heavy atom. The molecule has 124 valence electrons. The highest BCUT2D eigenvalue weighted by Gasteiger charge is 2.14. The molecule has 0 radical (unpaired) electrons. The van der Waals surface area contributed by atoms with E-state index in [0.29, 0.717) is 0 Å². The van der Waals surface area contributed by atoms with E-state index in [1.54, 1.807) is 0 Å². The Morgan fingerprint density at radius 3 is 2.28 bits per heavy atom. The van der Waals surface area contributed by atoms with Crippen LogP contribution in [0.15, 0.2) is 72.8 Å². The molecule has 0 amide bonds. The molecule has 0 heteroatoms. The number of rotatable bonds is 5. The fourth-order valence-electron chi connectivity index (χ4n) is 3.67. The third-order valence-corrected chi connectivity index (χ3v) is 5.17. The van der Waals surface area contributed by atoms with Crippen LogP contribution < -0.4 is 0 Å². The normalized spacial score (nSPS) is 12.8. The highest BCUT2D eigenvalue weighted by molar-refractivity contribution is 5.88. The van der Waals surface area contributed by atoms with Gasteiger partial charge in [-0.15, -0.1) is 0 Å². The van der Waals surface area contributed by atoms with Crippen LogP contribution in [0.2, 0.25) is 0 Å². The Hall–Kier alpha value is -2.60. The van der Waals surface area contributed by atoms with Crippen molar-refractivity contribution in [2.45, 2.75) is 32.6 Å². The fourth-order valence-corrected chi connectivity index (χ4v) is 3.67. The van der Waals surface area contributed by atoms with Crippen molar-refractivity contribution in [3.05, 3.63) is 106 Å². The SMILES string of the molecule is CCc1cccc(CCc2ccc3c(c2)C=C(c2ccccc2)C3)c1. The molecule has 0 heterocycles. The lowest BCUT2D eigenvalue weighted by Gasteiger charge is -2.06. The maximum Gasteiger partial charge on any atom is -0.00137 e. The molecule has 0 spiro atoms. The van der Waals surface area contributed by atoms with E-state index in [2.05, 4.69) is 85.8 Å². The second-order valence-corrected chi connectivity index (χ2v) is 6.92. The molecule has 0 atom stereocenters. The molecule has 1 aliphatic carbocycles. The lowest BCUT2D eigenvalue weighted by molar-refractivity contribution is 0.952. The third-order valence-electron chi connectivity index (χ3n) is 5.17. The summed E-state index contributed by atoms with van der Waals surface area (Å²) in [6.45, 7) is 2.22. The standard InChI is InChI=1S/C25H24/c1-2-19-7-6-8-20(15-19)11-12-21-13-14-23-17-25(18-24(23)16-21)22-9-4-3-5-10-22/h3-10,13-16,18H,2,11-12,17H2,1H3. The van der Waals surface area contributed by atoms with Crippen LogP contribution in [0, 0.1) is 0 Å². The number of allylic oxidation sites excluding steroid dienone is 1. The van der Waals surface area contributed by atoms with E-state index in [1.165, 1.54) is 39.0 Å². The van der Waals surface area contributed by atoms with Gasteiger partial charge in [-0.1, -0.05) is 85.8 Å². The molecule has 25 heavy (non-hydrogen) atoms. The highest BCUT2D eigenvalue weighted by Crippen LogP contribution is 2.32. The van der Waals surface area contributed by atoms with E-state index in [-0.39, 0.29) is 0 Å². The Morgan fingerprint density at radius 1 is 0.720 bits per heavy atom. The zero-order valence-corrected chi connectivity index (χ0v) is 14.8. The summed E-state index contributed by atoms with van der Waals surface area (Å²) in [5, 5.41) is 0. The van der Waals surface area contributed by atoms with Crippen LogP contribution in [0.4, 0.5) is 0 Å². The van der Waals surface area contributed by atoms with E-state index in [0.717, 1.165) is 25.7 Å². The maximum absolute atomic E-state index is 2.38. The quantitative estimate of drug-likeness (QED) is 0.529. The Labute approximate surface area is 150 Å². The van der Waals surface area contributed by atoms with Crippen molar-refractivity contribution in [3.63, 3.8) is 0 Å². The van der Waals surface area contributed by atoms with Gasteiger partial charge >= 0.3 is 0 Å². The van der Waals surface area contributed by atoms with Crippen LogP contribution in [-0.4, -0.2) is 0 Å². The average Bonchev–Trinajstić information content (AvgIpc) is 3.10. The van der Waals surface area contributed by atoms with Crippen LogP contribution in [0.1, 0.15) is 40.3 Å². The van der Waals surface area contributed by atoms with Crippen molar-refractivity contribution < 1.29 is 0 Å². The summed E-state index contributed by atoms with van der Waals surface area (Å²) < 4.78 is 0. The van der Waals surface area contributed by atoms with Gasteiger partial charge in [0.25, 0.3) is 0 Å². The first-order valence-corrected chi connectivity index (χ1v) is 9.27. The molecule has 0 saturated heterocycles. The number of fused-ring (bicyclic) bond motifs is 1. The first kappa shape index (κ1) is 15.9. The molecule has 4 rings (SSSR count). The molecule has 0 bridgehead atoms. The Kier molecular flexibility index (Phi) is 4.52. The zero-order valence-electron chi connectivity index (χ0n) is 14.8. The topological polar surface area (TPSA) is 0 Å². The van der Waals surface area contributed by atoms with Gasteiger partial charge in [0.1, 0.15) is 0 Å². The minimum Gasteiger partial charge on any atom is -0.0622 e. The summed E-state index contributed by atoms with van der Waals surface area (Å²) in [6.07, 6.45) is 6.75. The number of hydrogen-bond acceptors (Lipinski definition) is 0. The van der Waals surface area contributed by atoms with Gasteiger partial charge in [0.15, 0.2) is 0 Å². The number of hydrogen-bond donors (Lipinski definition) is 0. The van der Waals surface area contributed by atoms with Crippen molar-refractivity contribution in [3.8, 4) is 0 Å². The molecule has 3 aromatic rings. The predicted octanol–water partition coefficient (Wildman–Crippen LogP) is 6.13. The summed E-state index contributed by atoms with van der Waals surface area (Å²) in [4.78, 5) is 0. The predicted molar refractivity (Wildman–Crippen MR) is 108 cm³/mol. The minimum atomic E-state index is 1.05. The van der Waals surface area contributed by atoms with Gasteiger partial charge in [0.2, 0.25) is 0 Å². The van der Waals surface area contributed by atoms with Crippen LogP contribution in [0.25, 0.3) is 11.6 Å². The molecule has 0 fully saturated rings. The van der Waals surface area contributed by atoms with Gasteiger partial charge in [-0.05, 0) is 64.6 Å². The van der Waals surface area contributed by atoms with E-state index in [1.807, 2.05) is 0 Å². The highest BCUT2D eigenvalue weighted by atomic mass is 14.2. The van der Waals surface area contributed by atoms with Crippen LogP contribution in [0.5, 0.6) is 0 Å². The largest absolute Gasteiger partial charge is 0.0622 e. The molecular formula is C25H24. The molecule has 0 unspecified atom stereocenters. The van der Waals surface area contributed by atoms with Crippen LogP contribution in [-0.2, 0) is 25.7 Å². The zero-order chi connectivity index (χ0) is 17.1. The summed E-state index contributed by atoms with van der Waals surface area (Å²) in [5.74, 6) is 0. The molecule has 0 saturated carbocycles. The monoisotopic (exact) mass is 324 g/mol. The molecule has 0 aliphatic heterocycles. The summed E-state index contributed by atoms with van der Waals surface area (Å²) in [7, 11) is 0. The fraction of sp³-hybridized carbons (Fsp3) is 0.200. The smallest absolute Gasteiger partial charge is 0.00137 e. The second kappa shape index (κ2) is 7.11. The molecule has 0 nitrogen and oxygen atoms in total. The lowest BCUT2D eigenvalue weighted by atomic mass is 9.99. The minimum absolute atomic E-state index is 1.05. The van der Waals surface area contributed by atoms with Crippen molar-refractivity contribution >= 4 is 11.6 Å². The van der Waals surface area contributed by atoms with E-state index < -0.39 is 0 Å². The number of aryl methyl sites for hydroxylation is 3. The van der Waals surface area contributed by atoms with Crippen LogP contribution in [0.3, 0.4) is 0 Å². The molecular weight excluding hydrogens is 300 g/mol. The summed E-state index contributed by atoms with van der Waals surface area (Å²) >= 11 is 0. The molecule has 0 N–H and O–H groups in total. The van der Waals surface area contributed by atoms with Crippen LogP contribution >= 0.6 is 0 Å². The van der Waals surface area contributed by atoms with Crippen molar-refractivity contribution in [2.24, 2.45) is 0 Å². The van der Waals surface area contributed by atoms with Gasteiger partial charge in [0, 0.05) is 0 Å². The van der Waals surface area contributed by atoms with Crippen molar-refractivity contribution in [2.75, 3.05) is 0 Å². The first-order valence-electron chi connectivity index (χ1n) is 9.27. The van der Waals surface area contributed by atoms with Crippen molar-refractivity contribution in [1.29, 1.82) is 0 Å². The van der Waals surface area contributed by atoms with E-state index in [9.17, 15) is 0 Å². The van der Waals surface area contributed by atoms with Gasteiger partial charge in [-0.25, -0.2) is 0 Å². The Bertz CT molecular complexity index is 900. The first-order chi connectivity index (χ1) is 12.3. The summed E-state index contributed by atoms with van der Waals surface area (Å²) in [6, 6.07) is 26.8. The molecule has 3 aromatic carbocycles. The molecule has 0 aromatic heterocycles. The third kappa shape index (κ3) is 3.58. The van der Waals surface area contributed by atoms with Gasteiger partial charge in [-0.2, -0.15) is 0 Å². The van der Waals surface area contributed by atoms with Crippen molar-refractivity contribution in [1.82, 2.24) is 0 Å². The van der Waals surface area contributed by atoms with E-state index in [4.69, 9.17) is 0 Å². The lowest BCUT2D eigenvalue weighted by Crippen LogP contribution is -1.94. The molecule has 1 aliphatic rings. The Balaban J connectivity index is 1.49. The summed E-state index contributed by atoms with van der Waals surface area (Å²) in [5.41, 5.74) is 9.95. The average molecular weight is 324 g/mol. The second-order valence-electron chi connectivity index (χ2n) is 6.92. The van der Waals surface area contributed by atoms with E-state index >= 15 is 0 Å². The number of benzene rings is 3. The maximum atomic E-state index is 2.38.